The highest BCUT2D eigenvalue weighted by Gasteiger charge is 2.34. The molecular formula is C31H39N3O5S. The van der Waals surface area contributed by atoms with Gasteiger partial charge in [-0.2, -0.15) is 0 Å². The number of nitrogens with zero attached hydrogens (tertiary/aromatic N) is 2. The van der Waals surface area contributed by atoms with Crippen molar-refractivity contribution in [1.82, 2.24) is 10.2 Å². The third-order valence-electron chi connectivity index (χ3n) is 6.49. The van der Waals surface area contributed by atoms with Gasteiger partial charge in [0.2, 0.25) is 11.8 Å². The lowest BCUT2D eigenvalue weighted by atomic mass is 10.1. The first-order valence-electron chi connectivity index (χ1n) is 13.6. The van der Waals surface area contributed by atoms with Crippen LogP contribution in [0.3, 0.4) is 0 Å². The van der Waals surface area contributed by atoms with Crippen LogP contribution in [-0.4, -0.2) is 50.9 Å². The summed E-state index contributed by atoms with van der Waals surface area (Å²) in [4.78, 5) is 28.7. The van der Waals surface area contributed by atoms with Crippen molar-refractivity contribution in [1.29, 1.82) is 0 Å². The molecule has 214 valence electrons. The molecule has 0 aliphatic carbocycles. The summed E-state index contributed by atoms with van der Waals surface area (Å²) in [5.41, 5.74) is 3.03. The number of aryl methyl sites for hydroxylation is 2. The third kappa shape index (κ3) is 7.41. The number of rotatable bonds is 13. The molecule has 1 N–H and O–H groups in total. The second kappa shape index (κ2) is 14.0. The maximum atomic E-state index is 14.1. The molecule has 0 spiro atoms. The molecular weight excluding hydrogens is 526 g/mol. The van der Waals surface area contributed by atoms with Crippen LogP contribution in [0.25, 0.3) is 0 Å². The molecule has 0 radical (unpaired) electrons. The number of sulfonamides is 1. The number of amides is 2. The van der Waals surface area contributed by atoms with Crippen LogP contribution in [0.15, 0.2) is 77.7 Å². The lowest BCUT2D eigenvalue weighted by molar-refractivity contribution is -0.140. The summed E-state index contributed by atoms with van der Waals surface area (Å²) in [6.07, 6.45) is 0.365. The van der Waals surface area contributed by atoms with Crippen molar-refractivity contribution < 1.29 is 22.7 Å². The third-order valence-corrected chi connectivity index (χ3v) is 8.27. The molecule has 0 aliphatic heterocycles. The molecule has 2 amide bonds. The van der Waals surface area contributed by atoms with Gasteiger partial charge in [0.25, 0.3) is 10.0 Å². The Bertz CT molecular complexity index is 1410. The molecule has 0 unspecified atom stereocenters. The number of para-hydroxylation sites is 2. The highest BCUT2D eigenvalue weighted by atomic mass is 32.2. The van der Waals surface area contributed by atoms with Crippen molar-refractivity contribution >= 4 is 27.5 Å². The Kier molecular flexibility index (Phi) is 10.7. The van der Waals surface area contributed by atoms with E-state index in [1.807, 2.05) is 58.9 Å². The fourth-order valence-corrected chi connectivity index (χ4v) is 5.93. The molecule has 3 aromatic rings. The second-order valence-electron chi connectivity index (χ2n) is 9.55. The standard InChI is InChI=1S/C31H39N3O5S/c1-6-27(31(36)32-7-2)33(21-25-13-11-12-24(5)20-25)30(35)22-34(28-14-9-10-15-29(28)39-8-3)40(37,38)26-18-16-23(4)17-19-26/h9-20,27H,6-8,21-22H2,1-5H3,(H,32,36)/t27-/m0/s1. The summed E-state index contributed by atoms with van der Waals surface area (Å²) in [7, 11) is -4.18. The molecule has 0 heterocycles. The first-order chi connectivity index (χ1) is 19.1. The van der Waals surface area contributed by atoms with Gasteiger partial charge in [0, 0.05) is 13.1 Å². The zero-order chi connectivity index (χ0) is 29.3. The van der Waals surface area contributed by atoms with Crippen molar-refractivity contribution in [3.05, 3.63) is 89.5 Å². The molecule has 40 heavy (non-hydrogen) atoms. The number of carbonyl (C=O) groups excluding carboxylic acids is 2. The van der Waals surface area contributed by atoms with E-state index < -0.39 is 28.5 Å². The number of nitrogens with one attached hydrogen (secondary N) is 1. The lowest BCUT2D eigenvalue weighted by Crippen LogP contribution is -2.52. The Balaban J connectivity index is 2.11. The highest BCUT2D eigenvalue weighted by molar-refractivity contribution is 7.92. The normalized spacial score (nSPS) is 11.9. The molecule has 0 aromatic heterocycles. The van der Waals surface area contributed by atoms with Gasteiger partial charge in [-0.1, -0.05) is 66.6 Å². The number of hydrogen-bond donors (Lipinski definition) is 1. The van der Waals surface area contributed by atoms with Crippen molar-refractivity contribution in [2.75, 3.05) is 24.0 Å². The van der Waals surface area contributed by atoms with E-state index in [-0.39, 0.29) is 23.0 Å². The van der Waals surface area contributed by atoms with Crippen LogP contribution in [0.2, 0.25) is 0 Å². The summed E-state index contributed by atoms with van der Waals surface area (Å²) in [5, 5.41) is 2.82. The zero-order valence-electron chi connectivity index (χ0n) is 23.9. The van der Waals surface area contributed by atoms with E-state index in [2.05, 4.69) is 5.32 Å². The van der Waals surface area contributed by atoms with Crippen LogP contribution in [0, 0.1) is 13.8 Å². The van der Waals surface area contributed by atoms with E-state index in [0.717, 1.165) is 21.0 Å². The molecule has 8 nitrogen and oxygen atoms in total. The first kappa shape index (κ1) is 30.7. The fourth-order valence-electron chi connectivity index (χ4n) is 4.51. The maximum absolute atomic E-state index is 14.1. The lowest BCUT2D eigenvalue weighted by Gasteiger charge is -2.33. The predicted molar refractivity (Wildman–Crippen MR) is 158 cm³/mol. The van der Waals surface area contributed by atoms with Crippen molar-refractivity contribution in [2.45, 2.75) is 58.5 Å². The van der Waals surface area contributed by atoms with Gasteiger partial charge in [-0.3, -0.25) is 13.9 Å². The molecule has 0 aliphatic rings. The molecule has 0 saturated heterocycles. The van der Waals surface area contributed by atoms with E-state index >= 15 is 0 Å². The van der Waals surface area contributed by atoms with Crippen LogP contribution >= 0.6 is 0 Å². The number of carbonyl (C=O) groups is 2. The van der Waals surface area contributed by atoms with Gasteiger partial charge in [-0.15, -0.1) is 0 Å². The van der Waals surface area contributed by atoms with Crippen molar-refractivity contribution in [3.8, 4) is 5.75 Å². The topological polar surface area (TPSA) is 96.0 Å². The second-order valence-corrected chi connectivity index (χ2v) is 11.4. The zero-order valence-corrected chi connectivity index (χ0v) is 24.7. The molecule has 3 aromatic carbocycles. The summed E-state index contributed by atoms with van der Waals surface area (Å²) < 4.78 is 35.0. The van der Waals surface area contributed by atoms with Crippen LogP contribution in [-0.2, 0) is 26.2 Å². The first-order valence-corrected chi connectivity index (χ1v) is 15.0. The molecule has 9 heteroatoms. The minimum absolute atomic E-state index is 0.0539. The Labute approximate surface area is 238 Å². The van der Waals surface area contributed by atoms with E-state index in [9.17, 15) is 18.0 Å². The van der Waals surface area contributed by atoms with Crippen molar-refractivity contribution in [3.63, 3.8) is 0 Å². The Morgan fingerprint density at radius 2 is 1.60 bits per heavy atom. The molecule has 1 atom stereocenters. The summed E-state index contributed by atoms with van der Waals surface area (Å²) in [5.74, 6) is -0.440. The molecule has 0 saturated carbocycles. The Morgan fingerprint density at radius 1 is 0.900 bits per heavy atom. The van der Waals surface area contributed by atoms with Crippen molar-refractivity contribution in [2.24, 2.45) is 0 Å². The van der Waals surface area contributed by atoms with Gasteiger partial charge in [-0.05, 0) is 63.9 Å². The Morgan fingerprint density at radius 3 is 2.23 bits per heavy atom. The van der Waals surface area contributed by atoms with Gasteiger partial charge >= 0.3 is 0 Å². The minimum atomic E-state index is -4.18. The van der Waals surface area contributed by atoms with E-state index in [1.165, 1.54) is 17.0 Å². The van der Waals surface area contributed by atoms with Crippen LogP contribution in [0.4, 0.5) is 5.69 Å². The van der Waals surface area contributed by atoms with Gasteiger partial charge in [0.15, 0.2) is 0 Å². The minimum Gasteiger partial charge on any atom is -0.492 e. The van der Waals surface area contributed by atoms with Gasteiger partial charge in [0.05, 0.1) is 17.2 Å². The molecule has 3 rings (SSSR count). The van der Waals surface area contributed by atoms with E-state index in [4.69, 9.17) is 4.74 Å². The average molecular weight is 566 g/mol. The summed E-state index contributed by atoms with van der Waals surface area (Å²) in [6.45, 7) is 9.66. The van der Waals surface area contributed by atoms with Gasteiger partial charge < -0.3 is 15.0 Å². The van der Waals surface area contributed by atoms with Gasteiger partial charge in [0.1, 0.15) is 18.3 Å². The van der Waals surface area contributed by atoms with Crippen LogP contribution in [0.1, 0.15) is 43.9 Å². The predicted octanol–water partition coefficient (Wildman–Crippen LogP) is 4.84. The summed E-state index contributed by atoms with van der Waals surface area (Å²) >= 11 is 0. The van der Waals surface area contributed by atoms with E-state index in [0.29, 0.717) is 25.3 Å². The highest BCUT2D eigenvalue weighted by Crippen LogP contribution is 2.33. The van der Waals surface area contributed by atoms with Gasteiger partial charge in [-0.25, -0.2) is 8.42 Å². The average Bonchev–Trinajstić information content (AvgIpc) is 2.92. The molecule has 0 fully saturated rings. The fraction of sp³-hybridized carbons (Fsp3) is 0.355. The number of benzene rings is 3. The monoisotopic (exact) mass is 565 g/mol. The Hall–Kier alpha value is -3.85. The number of likely N-dealkylation sites (N-methyl/N-ethyl adjacent to an activating group) is 1. The smallest absolute Gasteiger partial charge is 0.264 e. The molecule has 0 bridgehead atoms. The van der Waals surface area contributed by atoms with Crippen LogP contribution in [0.5, 0.6) is 5.75 Å². The quantitative estimate of drug-likeness (QED) is 0.320. The number of hydrogen-bond acceptors (Lipinski definition) is 5. The largest absolute Gasteiger partial charge is 0.492 e. The maximum Gasteiger partial charge on any atom is 0.264 e. The number of anilines is 1. The van der Waals surface area contributed by atoms with Crippen LogP contribution < -0.4 is 14.4 Å². The van der Waals surface area contributed by atoms with E-state index in [1.54, 1.807) is 36.4 Å². The SMILES string of the molecule is CCNC(=O)[C@H](CC)N(Cc1cccc(C)c1)C(=O)CN(c1ccccc1OCC)S(=O)(=O)c1ccc(C)cc1. The summed E-state index contributed by atoms with van der Waals surface area (Å²) in [6, 6.07) is 20.2. The number of ether oxygens (including phenoxy) is 1.